The van der Waals surface area contributed by atoms with Crippen LogP contribution >= 0.6 is 11.6 Å². The lowest BCUT2D eigenvalue weighted by atomic mass is 10.2. The van der Waals surface area contributed by atoms with E-state index in [-0.39, 0.29) is 6.04 Å². The van der Waals surface area contributed by atoms with E-state index in [0.717, 1.165) is 12.8 Å². The number of pyridine rings is 1. The molecule has 0 spiro atoms. The molecule has 0 aliphatic rings. The summed E-state index contributed by atoms with van der Waals surface area (Å²) in [6, 6.07) is 3.24. The van der Waals surface area contributed by atoms with Crippen molar-refractivity contribution in [1.29, 1.82) is 0 Å². The standard InChI is InChI=1S/C11H13ClN4O/c1-2-4-8(13)11-15-10(16-17-11)9-7(12)5-3-6-14-9/h3,5-6,8H,2,4,13H2,1H3/t8-/m1/s1. The van der Waals surface area contributed by atoms with Gasteiger partial charge in [-0.2, -0.15) is 4.98 Å². The van der Waals surface area contributed by atoms with Gasteiger partial charge in [-0.3, -0.25) is 4.98 Å². The van der Waals surface area contributed by atoms with E-state index in [1.165, 1.54) is 0 Å². The van der Waals surface area contributed by atoms with E-state index in [9.17, 15) is 0 Å². The van der Waals surface area contributed by atoms with Crippen molar-refractivity contribution in [2.24, 2.45) is 5.73 Å². The molecule has 1 atom stereocenters. The molecule has 0 saturated carbocycles. The van der Waals surface area contributed by atoms with Gasteiger partial charge in [0.25, 0.3) is 0 Å². The Morgan fingerprint density at radius 1 is 1.53 bits per heavy atom. The van der Waals surface area contributed by atoms with Gasteiger partial charge in [-0.05, 0) is 18.6 Å². The molecule has 0 saturated heterocycles. The van der Waals surface area contributed by atoms with E-state index in [1.54, 1.807) is 18.3 Å². The number of nitrogens with two attached hydrogens (primary N) is 1. The molecule has 0 fully saturated rings. The molecule has 0 unspecified atom stereocenters. The zero-order chi connectivity index (χ0) is 12.3. The average Bonchev–Trinajstić information content (AvgIpc) is 2.79. The Balaban J connectivity index is 2.27. The maximum atomic E-state index is 5.99. The predicted molar refractivity (Wildman–Crippen MR) is 64.4 cm³/mol. The van der Waals surface area contributed by atoms with Crippen molar-refractivity contribution < 1.29 is 4.52 Å². The molecule has 2 aromatic heterocycles. The molecular weight excluding hydrogens is 240 g/mol. The van der Waals surface area contributed by atoms with Gasteiger partial charge in [-0.1, -0.05) is 30.1 Å². The Labute approximate surface area is 104 Å². The van der Waals surface area contributed by atoms with Gasteiger partial charge in [0.1, 0.15) is 5.69 Å². The smallest absolute Gasteiger partial charge is 0.243 e. The molecule has 0 aromatic carbocycles. The first-order chi connectivity index (χ1) is 8.22. The van der Waals surface area contributed by atoms with E-state index >= 15 is 0 Å². The van der Waals surface area contributed by atoms with Crippen LogP contribution in [0.25, 0.3) is 11.5 Å². The average molecular weight is 253 g/mol. The fraction of sp³-hybridized carbons (Fsp3) is 0.364. The number of aromatic nitrogens is 3. The lowest BCUT2D eigenvalue weighted by Crippen LogP contribution is -2.09. The minimum Gasteiger partial charge on any atom is -0.337 e. The predicted octanol–water partition coefficient (Wildman–Crippen LogP) is 2.58. The van der Waals surface area contributed by atoms with Crippen LogP contribution in [0.2, 0.25) is 5.02 Å². The van der Waals surface area contributed by atoms with E-state index in [0.29, 0.717) is 22.4 Å². The largest absolute Gasteiger partial charge is 0.337 e. The van der Waals surface area contributed by atoms with Gasteiger partial charge in [0, 0.05) is 6.20 Å². The highest BCUT2D eigenvalue weighted by molar-refractivity contribution is 6.32. The summed E-state index contributed by atoms with van der Waals surface area (Å²) in [4.78, 5) is 8.32. The van der Waals surface area contributed by atoms with Crippen LogP contribution in [0, 0.1) is 0 Å². The molecule has 2 rings (SSSR count). The minimum absolute atomic E-state index is 0.233. The van der Waals surface area contributed by atoms with E-state index in [1.807, 2.05) is 6.92 Å². The van der Waals surface area contributed by atoms with Gasteiger partial charge in [-0.25, -0.2) is 0 Å². The van der Waals surface area contributed by atoms with E-state index in [2.05, 4.69) is 15.1 Å². The highest BCUT2D eigenvalue weighted by Crippen LogP contribution is 2.24. The second-order valence-corrected chi connectivity index (χ2v) is 4.09. The van der Waals surface area contributed by atoms with Gasteiger partial charge in [-0.15, -0.1) is 0 Å². The van der Waals surface area contributed by atoms with Gasteiger partial charge in [0.05, 0.1) is 11.1 Å². The third kappa shape index (κ3) is 2.62. The normalized spacial score (nSPS) is 12.6. The summed E-state index contributed by atoms with van der Waals surface area (Å²) >= 11 is 5.99. The number of halogens is 1. The van der Waals surface area contributed by atoms with Gasteiger partial charge in [0.15, 0.2) is 0 Å². The van der Waals surface area contributed by atoms with Crippen LogP contribution in [-0.2, 0) is 0 Å². The Kier molecular flexibility index (Phi) is 3.71. The monoisotopic (exact) mass is 252 g/mol. The quantitative estimate of drug-likeness (QED) is 0.905. The van der Waals surface area contributed by atoms with Crippen molar-refractivity contribution in [3.05, 3.63) is 29.2 Å². The van der Waals surface area contributed by atoms with Gasteiger partial charge < -0.3 is 10.3 Å². The molecule has 0 aliphatic heterocycles. The van der Waals surface area contributed by atoms with Crippen LogP contribution in [0.3, 0.4) is 0 Å². The lowest BCUT2D eigenvalue weighted by Gasteiger charge is -2.02. The molecule has 2 heterocycles. The van der Waals surface area contributed by atoms with Gasteiger partial charge in [0.2, 0.25) is 11.7 Å². The second kappa shape index (κ2) is 5.25. The molecule has 0 bridgehead atoms. The fourth-order valence-corrected chi connectivity index (χ4v) is 1.67. The van der Waals surface area contributed by atoms with E-state index in [4.69, 9.17) is 21.9 Å². The zero-order valence-corrected chi connectivity index (χ0v) is 10.2. The molecule has 90 valence electrons. The van der Waals surface area contributed by atoms with Crippen molar-refractivity contribution in [2.75, 3.05) is 0 Å². The highest BCUT2D eigenvalue weighted by Gasteiger charge is 2.16. The Hall–Kier alpha value is -1.46. The summed E-state index contributed by atoms with van der Waals surface area (Å²) in [6.45, 7) is 2.05. The number of hydrogen-bond acceptors (Lipinski definition) is 5. The lowest BCUT2D eigenvalue weighted by molar-refractivity contribution is 0.348. The maximum absolute atomic E-state index is 5.99. The molecule has 2 N–H and O–H groups in total. The minimum atomic E-state index is -0.233. The summed E-state index contributed by atoms with van der Waals surface area (Å²) in [5.41, 5.74) is 6.39. The molecule has 0 radical (unpaired) electrons. The number of hydrogen-bond donors (Lipinski definition) is 1. The van der Waals surface area contributed by atoms with Gasteiger partial charge >= 0.3 is 0 Å². The summed E-state index contributed by atoms with van der Waals surface area (Å²) in [5, 5.41) is 4.33. The Morgan fingerprint density at radius 2 is 2.35 bits per heavy atom. The third-order valence-electron chi connectivity index (χ3n) is 2.33. The highest BCUT2D eigenvalue weighted by atomic mass is 35.5. The van der Waals surface area contributed by atoms with Crippen molar-refractivity contribution in [3.63, 3.8) is 0 Å². The van der Waals surface area contributed by atoms with Crippen LogP contribution in [0.15, 0.2) is 22.9 Å². The molecule has 17 heavy (non-hydrogen) atoms. The first-order valence-corrected chi connectivity index (χ1v) is 5.80. The van der Waals surface area contributed by atoms with E-state index < -0.39 is 0 Å². The summed E-state index contributed by atoms with van der Waals surface area (Å²) < 4.78 is 5.10. The molecule has 5 nitrogen and oxygen atoms in total. The Bertz CT molecular complexity index is 500. The molecule has 0 aliphatic carbocycles. The fourth-order valence-electron chi connectivity index (χ4n) is 1.47. The van der Waals surface area contributed by atoms with Crippen LogP contribution in [0.1, 0.15) is 31.7 Å². The topological polar surface area (TPSA) is 77.8 Å². The molecule has 0 amide bonds. The SMILES string of the molecule is CCC[C@@H](N)c1nc(-c2ncccc2Cl)no1. The van der Waals surface area contributed by atoms with Crippen molar-refractivity contribution in [3.8, 4) is 11.5 Å². The van der Waals surface area contributed by atoms with Crippen molar-refractivity contribution in [1.82, 2.24) is 15.1 Å². The van der Waals surface area contributed by atoms with Crippen LogP contribution < -0.4 is 5.73 Å². The third-order valence-corrected chi connectivity index (χ3v) is 2.63. The second-order valence-electron chi connectivity index (χ2n) is 3.69. The van der Waals surface area contributed by atoms with Crippen molar-refractivity contribution in [2.45, 2.75) is 25.8 Å². The Morgan fingerprint density at radius 3 is 3.06 bits per heavy atom. The molecule has 6 heteroatoms. The van der Waals surface area contributed by atoms with Crippen LogP contribution in [0.5, 0.6) is 0 Å². The first-order valence-electron chi connectivity index (χ1n) is 5.42. The number of nitrogens with zero attached hydrogens (tertiary/aromatic N) is 3. The summed E-state index contributed by atoms with van der Waals surface area (Å²) in [6.07, 6.45) is 3.39. The van der Waals surface area contributed by atoms with Crippen LogP contribution in [-0.4, -0.2) is 15.1 Å². The van der Waals surface area contributed by atoms with Crippen LogP contribution in [0.4, 0.5) is 0 Å². The zero-order valence-electron chi connectivity index (χ0n) is 9.43. The maximum Gasteiger partial charge on any atom is 0.243 e. The first kappa shape index (κ1) is 12.0. The molecule has 2 aromatic rings. The summed E-state index contributed by atoms with van der Waals surface area (Å²) in [5.74, 6) is 0.792. The summed E-state index contributed by atoms with van der Waals surface area (Å²) in [7, 11) is 0. The van der Waals surface area contributed by atoms with Crippen molar-refractivity contribution >= 4 is 11.6 Å². The number of rotatable bonds is 4. The molecular formula is C11H13ClN4O.